The number of anilines is 1. The van der Waals surface area contributed by atoms with Crippen LogP contribution in [0.1, 0.15) is 30.1 Å². The zero-order valence-corrected chi connectivity index (χ0v) is 13.3. The van der Waals surface area contributed by atoms with Crippen molar-refractivity contribution >= 4 is 27.7 Å². The molecule has 1 aromatic heterocycles. The molecule has 1 N–H and O–H groups in total. The fourth-order valence-electron chi connectivity index (χ4n) is 2.34. The summed E-state index contributed by atoms with van der Waals surface area (Å²) in [6.07, 6.45) is 4.04. The molecule has 2 rings (SSSR count). The highest BCUT2D eigenvalue weighted by Crippen LogP contribution is 2.37. The predicted octanol–water partition coefficient (Wildman–Crippen LogP) is 2.79. The van der Waals surface area contributed by atoms with Gasteiger partial charge in [-0.25, -0.2) is 9.78 Å². The van der Waals surface area contributed by atoms with Gasteiger partial charge in [-0.3, -0.25) is 0 Å². The molecular weight excluding hydrogens is 324 g/mol. The smallest absolute Gasteiger partial charge is 0.339 e. The molecule has 5 nitrogen and oxygen atoms in total. The zero-order valence-electron chi connectivity index (χ0n) is 11.7. The second-order valence-electron chi connectivity index (χ2n) is 5.09. The average molecular weight is 343 g/mol. The number of halogens is 1. The van der Waals surface area contributed by atoms with Gasteiger partial charge >= 0.3 is 5.97 Å². The van der Waals surface area contributed by atoms with Gasteiger partial charge in [0.2, 0.25) is 0 Å². The van der Waals surface area contributed by atoms with Crippen LogP contribution in [0.3, 0.4) is 0 Å². The van der Waals surface area contributed by atoms with E-state index in [9.17, 15) is 9.90 Å². The second-order valence-corrected chi connectivity index (χ2v) is 6.01. The van der Waals surface area contributed by atoms with Gasteiger partial charge in [-0.2, -0.15) is 0 Å². The summed E-state index contributed by atoms with van der Waals surface area (Å²) < 4.78 is 5.81. The van der Waals surface area contributed by atoms with Crippen LogP contribution in [0, 0.1) is 5.92 Å². The number of methoxy groups -OCH3 is 1. The quantitative estimate of drug-likeness (QED) is 0.825. The van der Waals surface area contributed by atoms with Gasteiger partial charge in [0.1, 0.15) is 11.4 Å². The Labute approximate surface area is 127 Å². The maximum Gasteiger partial charge on any atom is 0.339 e. The van der Waals surface area contributed by atoms with Crippen molar-refractivity contribution in [3.63, 3.8) is 0 Å². The van der Waals surface area contributed by atoms with E-state index in [1.807, 2.05) is 0 Å². The number of aromatic carboxylic acids is 1. The largest absolute Gasteiger partial charge is 0.478 e. The van der Waals surface area contributed by atoms with Crippen LogP contribution >= 0.6 is 15.9 Å². The van der Waals surface area contributed by atoms with Crippen LogP contribution in [-0.2, 0) is 4.74 Å². The summed E-state index contributed by atoms with van der Waals surface area (Å²) in [5, 5.41) is 9.38. The molecule has 0 radical (unpaired) electrons. The number of aromatic nitrogens is 1. The average Bonchev–Trinajstić information content (AvgIpc) is 3.24. The lowest BCUT2D eigenvalue weighted by Gasteiger charge is -2.31. The summed E-state index contributed by atoms with van der Waals surface area (Å²) in [4.78, 5) is 17.8. The third kappa shape index (κ3) is 3.49. The molecule has 1 aromatic rings. The standard InChI is InChI=1S/C14H19BrN2O3/c1-9(10-3-4-10)17(5-6-20-2)13-12(14(18)19)7-11(15)8-16-13/h7-10H,3-6H2,1-2H3,(H,18,19). The van der Waals surface area contributed by atoms with Crippen LogP contribution in [0.2, 0.25) is 0 Å². The van der Waals surface area contributed by atoms with Gasteiger partial charge in [0.25, 0.3) is 0 Å². The number of hydrogen-bond acceptors (Lipinski definition) is 4. The van der Waals surface area contributed by atoms with Gasteiger partial charge in [0.15, 0.2) is 0 Å². The number of pyridine rings is 1. The topological polar surface area (TPSA) is 62.7 Å². The molecule has 1 heterocycles. The van der Waals surface area contributed by atoms with E-state index in [0.29, 0.717) is 29.4 Å². The molecule has 1 fully saturated rings. The van der Waals surface area contributed by atoms with Crippen LogP contribution in [0.15, 0.2) is 16.7 Å². The van der Waals surface area contributed by atoms with Crippen LogP contribution in [0.25, 0.3) is 0 Å². The summed E-state index contributed by atoms with van der Waals surface area (Å²) in [7, 11) is 1.65. The summed E-state index contributed by atoms with van der Waals surface area (Å²) in [5.41, 5.74) is 0.225. The van der Waals surface area contributed by atoms with Crippen molar-refractivity contribution in [3.05, 3.63) is 22.3 Å². The molecule has 1 aliphatic carbocycles. The first-order chi connectivity index (χ1) is 9.54. The minimum atomic E-state index is -0.959. The minimum absolute atomic E-state index is 0.225. The highest BCUT2D eigenvalue weighted by Gasteiger charge is 2.34. The van der Waals surface area contributed by atoms with E-state index in [4.69, 9.17) is 4.74 Å². The number of rotatable bonds is 7. The third-order valence-corrected chi connectivity index (χ3v) is 4.10. The lowest BCUT2D eigenvalue weighted by molar-refractivity contribution is 0.0696. The Morgan fingerprint density at radius 2 is 2.35 bits per heavy atom. The number of hydrogen-bond donors (Lipinski definition) is 1. The van der Waals surface area contributed by atoms with Gasteiger partial charge in [-0.05, 0) is 47.7 Å². The highest BCUT2D eigenvalue weighted by atomic mass is 79.9. The van der Waals surface area contributed by atoms with E-state index >= 15 is 0 Å². The number of ether oxygens (including phenoxy) is 1. The molecule has 1 aliphatic rings. The first-order valence-electron chi connectivity index (χ1n) is 6.69. The molecule has 1 atom stereocenters. The molecule has 0 amide bonds. The fraction of sp³-hybridized carbons (Fsp3) is 0.571. The molecule has 0 bridgehead atoms. The van der Waals surface area contributed by atoms with Crippen molar-refractivity contribution in [1.29, 1.82) is 0 Å². The molecule has 20 heavy (non-hydrogen) atoms. The van der Waals surface area contributed by atoms with Gasteiger partial charge in [-0.1, -0.05) is 0 Å². The Bertz CT molecular complexity index is 491. The van der Waals surface area contributed by atoms with E-state index in [0.717, 1.165) is 0 Å². The summed E-state index contributed by atoms with van der Waals surface area (Å²) in [5.74, 6) is 0.190. The molecule has 0 spiro atoms. The number of nitrogens with zero attached hydrogens (tertiary/aromatic N) is 2. The maximum atomic E-state index is 11.4. The third-order valence-electron chi connectivity index (χ3n) is 3.67. The Morgan fingerprint density at radius 3 is 2.90 bits per heavy atom. The van der Waals surface area contributed by atoms with Gasteiger partial charge < -0.3 is 14.7 Å². The van der Waals surface area contributed by atoms with E-state index in [1.54, 1.807) is 19.4 Å². The van der Waals surface area contributed by atoms with Crippen LogP contribution in [-0.4, -0.2) is 42.4 Å². The molecule has 6 heteroatoms. The molecule has 0 aliphatic heterocycles. The van der Waals surface area contributed by atoms with Crippen molar-refractivity contribution < 1.29 is 14.6 Å². The summed E-state index contributed by atoms with van der Waals surface area (Å²) in [6.45, 7) is 3.32. The SMILES string of the molecule is COCCN(c1ncc(Br)cc1C(=O)O)C(C)C1CC1. The molecule has 0 saturated heterocycles. The maximum absolute atomic E-state index is 11.4. The zero-order chi connectivity index (χ0) is 14.7. The first kappa shape index (κ1) is 15.3. The van der Waals surface area contributed by atoms with Crippen LogP contribution in [0.5, 0.6) is 0 Å². The molecular formula is C14H19BrN2O3. The van der Waals surface area contributed by atoms with E-state index < -0.39 is 5.97 Å². The molecule has 0 aromatic carbocycles. The number of carboxylic acids is 1. The van der Waals surface area contributed by atoms with Gasteiger partial charge in [0, 0.05) is 30.4 Å². The van der Waals surface area contributed by atoms with Gasteiger partial charge in [-0.15, -0.1) is 0 Å². The van der Waals surface area contributed by atoms with Crippen LogP contribution < -0.4 is 4.90 Å². The first-order valence-corrected chi connectivity index (χ1v) is 7.48. The minimum Gasteiger partial charge on any atom is -0.478 e. The van der Waals surface area contributed by atoms with E-state index in [2.05, 4.69) is 32.7 Å². The Hall–Kier alpha value is -1.14. The lowest BCUT2D eigenvalue weighted by atomic mass is 10.1. The Morgan fingerprint density at radius 1 is 1.65 bits per heavy atom. The highest BCUT2D eigenvalue weighted by molar-refractivity contribution is 9.10. The molecule has 1 saturated carbocycles. The monoisotopic (exact) mass is 342 g/mol. The van der Waals surface area contributed by atoms with Crippen molar-refractivity contribution in [3.8, 4) is 0 Å². The van der Waals surface area contributed by atoms with Crippen molar-refractivity contribution in [2.24, 2.45) is 5.92 Å². The molecule has 110 valence electrons. The van der Waals surface area contributed by atoms with Crippen LogP contribution in [0.4, 0.5) is 5.82 Å². The van der Waals surface area contributed by atoms with Crippen molar-refractivity contribution in [2.45, 2.75) is 25.8 Å². The fourth-order valence-corrected chi connectivity index (χ4v) is 2.67. The Balaban J connectivity index is 2.33. The van der Waals surface area contributed by atoms with Crippen molar-refractivity contribution in [1.82, 2.24) is 4.98 Å². The Kier molecular flexibility index (Phi) is 4.99. The van der Waals surface area contributed by atoms with Gasteiger partial charge in [0.05, 0.1) is 6.61 Å². The summed E-state index contributed by atoms with van der Waals surface area (Å²) in [6, 6.07) is 1.88. The molecule has 1 unspecified atom stereocenters. The second kappa shape index (κ2) is 6.54. The van der Waals surface area contributed by atoms with Crippen molar-refractivity contribution in [2.75, 3.05) is 25.2 Å². The lowest BCUT2D eigenvalue weighted by Crippen LogP contribution is -2.39. The number of carbonyl (C=O) groups is 1. The summed E-state index contributed by atoms with van der Waals surface area (Å²) >= 11 is 3.28. The number of carboxylic acid groups (broad SMARTS) is 1. The van der Waals surface area contributed by atoms with E-state index in [-0.39, 0.29) is 11.6 Å². The van der Waals surface area contributed by atoms with E-state index in [1.165, 1.54) is 12.8 Å². The normalized spacial score (nSPS) is 15.9. The predicted molar refractivity (Wildman–Crippen MR) is 80.3 cm³/mol.